The molecular formula is C13H18N4O2. The summed E-state index contributed by atoms with van der Waals surface area (Å²) in [6.45, 7) is 1.51. The average molecular weight is 262 g/mol. The second-order valence-corrected chi connectivity index (χ2v) is 4.44. The Kier molecular flexibility index (Phi) is 4.22. The predicted molar refractivity (Wildman–Crippen MR) is 72.9 cm³/mol. The van der Waals surface area contributed by atoms with E-state index in [0.717, 1.165) is 24.2 Å². The molecular weight excluding hydrogens is 244 g/mol. The van der Waals surface area contributed by atoms with Crippen LogP contribution in [-0.2, 0) is 4.79 Å². The van der Waals surface area contributed by atoms with E-state index in [0.29, 0.717) is 13.1 Å². The van der Waals surface area contributed by atoms with Gasteiger partial charge in [-0.1, -0.05) is 18.2 Å². The summed E-state index contributed by atoms with van der Waals surface area (Å²) in [5.41, 5.74) is 6.98. The minimum atomic E-state index is -0.582. The number of hydrogen-bond acceptors (Lipinski definition) is 3. The van der Waals surface area contributed by atoms with Gasteiger partial charge in [-0.25, -0.2) is 4.79 Å². The third-order valence-electron chi connectivity index (χ3n) is 3.12. The summed E-state index contributed by atoms with van der Waals surface area (Å²) < 4.78 is 0. The zero-order valence-electron chi connectivity index (χ0n) is 10.6. The number of para-hydroxylation sites is 1. The highest BCUT2D eigenvalue weighted by atomic mass is 16.2. The molecule has 1 aromatic carbocycles. The lowest BCUT2D eigenvalue weighted by Crippen LogP contribution is -2.39. The molecule has 0 fully saturated rings. The molecule has 0 saturated carbocycles. The van der Waals surface area contributed by atoms with Crippen LogP contribution in [0.5, 0.6) is 0 Å². The van der Waals surface area contributed by atoms with Crippen molar-refractivity contribution in [3.8, 4) is 0 Å². The monoisotopic (exact) mass is 262 g/mol. The summed E-state index contributed by atoms with van der Waals surface area (Å²) in [5, 5.41) is 8.52. The van der Waals surface area contributed by atoms with Crippen LogP contribution in [0.3, 0.4) is 0 Å². The van der Waals surface area contributed by atoms with Gasteiger partial charge in [0, 0.05) is 25.3 Å². The molecule has 1 unspecified atom stereocenters. The molecule has 1 aliphatic rings. The molecule has 0 radical (unpaired) electrons. The summed E-state index contributed by atoms with van der Waals surface area (Å²) in [7, 11) is 0. The van der Waals surface area contributed by atoms with Crippen molar-refractivity contribution in [3.05, 3.63) is 29.8 Å². The summed E-state index contributed by atoms with van der Waals surface area (Å²) in [4.78, 5) is 22.6. The summed E-state index contributed by atoms with van der Waals surface area (Å²) >= 11 is 0. The second-order valence-electron chi connectivity index (χ2n) is 4.44. The fraction of sp³-hybridized carbons (Fsp3) is 0.385. The van der Waals surface area contributed by atoms with Crippen molar-refractivity contribution in [2.24, 2.45) is 5.73 Å². The Balaban J connectivity index is 1.92. The van der Waals surface area contributed by atoms with Gasteiger partial charge in [-0.05, 0) is 18.1 Å². The fourth-order valence-corrected chi connectivity index (χ4v) is 2.24. The maximum Gasteiger partial charge on any atom is 0.312 e. The van der Waals surface area contributed by atoms with Crippen molar-refractivity contribution in [2.45, 2.75) is 12.3 Å². The van der Waals surface area contributed by atoms with Crippen LogP contribution in [-0.4, -0.2) is 31.6 Å². The number of rotatable bonds is 4. The van der Waals surface area contributed by atoms with Gasteiger partial charge >= 0.3 is 6.03 Å². The molecule has 102 valence electrons. The first-order valence-corrected chi connectivity index (χ1v) is 6.32. The lowest BCUT2D eigenvalue weighted by Gasteiger charge is -2.25. The molecule has 1 aliphatic heterocycles. The minimum Gasteiger partial charge on any atom is -0.385 e. The standard InChI is InChI=1S/C13H18N4O2/c14-13(19)17-8-7-16-12(18)10-5-6-15-11-4-2-1-3-9(10)11/h1-4,10,15H,5-8H2,(H,16,18)(H3,14,17,19). The smallest absolute Gasteiger partial charge is 0.312 e. The third kappa shape index (κ3) is 3.37. The molecule has 1 heterocycles. The van der Waals surface area contributed by atoms with E-state index in [1.54, 1.807) is 0 Å². The largest absolute Gasteiger partial charge is 0.385 e. The lowest BCUT2D eigenvalue weighted by molar-refractivity contribution is -0.122. The van der Waals surface area contributed by atoms with Crippen molar-refractivity contribution in [1.82, 2.24) is 10.6 Å². The van der Waals surface area contributed by atoms with E-state index < -0.39 is 6.03 Å². The highest BCUT2D eigenvalue weighted by Crippen LogP contribution is 2.31. The van der Waals surface area contributed by atoms with E-state index in [-0.39, 0.29) is 11.8 Å². The molecule has 19 heavy (non-hydrogen) atoms. The Morgan fingerprint density at radius 3 is 2.79 bits per heavy atom. The molecule has 1 aromatic rings. The molecule has 5 N–H and O–H groups in total. The van der Waals surface area contributed by atoms with Crippen LogP contribution >= 0.6 is 0 Å². The Bertz CT molecular complexity index is 475. The number of hydrogen-bond donors (Lipinski definition) is 4. The maximum atomic E-state index is 12.1. The first-order valence-electron chi connectivity index (χ1n) is 6.32. The Morgan fingerprint density at radius 1 is 1.26 bits per heavy atom. The molecule has 0 aliphatic carbocycles. The Labute approximate surface area is 111 Å². The zero-order valence-corrected chi connectivity index (χ0v) is 10.6. The van der Waals surface area contributed by atoms with Gasteiger partial charge in [-0.15, -0.1) is 0 Å². The minimum absolute atomic E-state index is 0.0137. The van der Waals surface area contributed by atoms with E-state index in [1.807, 2.05) is 24.3 Å². The number of fused-ring (bicyclic) bond motifs is 1. The molecule has 0 spiro atoms. The molecule has 0 bridgehead atoms. The number of benzene rings is 1. The van der Waals surface area contributed by atoms with Crippen LogP contribution in [0.2, 0.25) is 0 Å². The van der Waals surface area contributed by atoms with Gasteiger partial charge < -0.3 is 21.7 Å². The van der Waals surface area contributed by atoms with Gasteiger partial charge in [0.05, 0.1) is 5.92 Å². The van der Waals surface area contributed by atoms with E-state index in [1.165, 1.54) is 0 Å². The van der Waals surface area contributed by atoms with Gasteiger partial charge in [-0.2, -0.15) is 0 Å². The van der Waals surface area contributed by atoms with Gasteiger partial charge in [0.25, 0.3) is 0 Å². The SMILES string of the molecule is NC(=O)NCCNC(=O)C1CCNc2ccccc21. The summed E-state index contributed by atoms with van der Waals surface area (Å²) in [6.07, 6.45) is 0.770. The summed E-state index contributed by atoms with van der Waals surface area (Å²) in [5.74, 6) is -0.147. The number of urea groups is 1. The molecule has 0 aromatic heterocycles. The molecule has 6 nitrogen and oxygen atoms in total. The first-order chi connectivity index (χ1) is 9.18. The van der Waals surface area contributed by atoms with Crippen LogP contribution in [0.15, 0.2) is 24.3 Å². The van der Waals surface area contributed by atoms with Crippen molar-refractivity contribution < 1.29 is 9.59 Å². The molecule has 1 atom stereocenters. The van der Waals surface area contributed by atoms with E-state index in [2.05, 4.69) is 16.0 Å². The van der Waals surface area contributed by atoms with Crippen LogP contribution in [0.1, 0.15) is 17.9 Å². The van der Waals surface area contributed by atoms with Crippen LogP contribution in [0.4, 0.5) is 10.5 Å². The Morgan fingerprint density at radius 2 is 2.00 bits per heavy atom. The highest BCUT2D eigenvalue weighted by Gasteiger charge is 2.25. The molecule has 2 rings (SSSR count). The normalized spacial score (nSPS) is 16.9. The van der Waals surface area contributed by atoms with Gasteiger partial charge in [-0.3, -0.25) is 4.79 Å². The number of carbonyl (C=O) groups excluding carboxylic acids is 2. The predicted octanol–water partition coefficient (Wildman–Crippen LogP) is 0.370. The van der Waals surface area contributed by atoms with E-state index in [9.17, 15) is 9.59 Å². The highest BCUT2D eigenvalue weighted by molar-refractivity contribution is 5.86. The number of nitrogens with two attached hydrogens (primary N) is 1. The zero-order chi connectivity index (χ0) is 13.7. The third-order valence-corrected chi connectivity index (χ3v) is 3.12. The van der Waals surface area contributed by atoms with Crippen molar-refractivity contribution in [1.29, 1.82) is 0 Å². The molecule has 0 saturated heterocycles. The maximum absolute atomic E-state index is 12.1. The van der Waals surface area contributed by atoms with Crippen molar-refractivity contribution in [2.75, 3.05) is 25.0 Å². The Hall–Kier alpha value is -2.24. The molecule has 3 amide bonds. The van der Waals surface area contributed by atoms with E-state index >= 15 is 0 Å². The number of primary amides is 1. The first kappa shape index (κ1) is 13.2. The van der Waals surface area contributed by atoms with Crippen LogP contribution < -0.4 is 21.7 Å². The number of nitrogens with one attached hydrogen (secondary N) is 3. The van der Waals surface area contributed by atoms with Crippen LogP contribution in [0.25, 0.3) is 0 Å². The number of amides is 3. The average Bonchev–Trinajstić information content (AvgIpc) is 2.42. The van der Waals surface area contributed by atoms with Crippen LogP contribution in [0, 0.1) is 0 Å². The number of carbonyl (C=O) groups is 2. The summed E-state index contributed by atoms with van der Waals surface area (Å²) in [6, 6.07) is 7.24. The van der Waals surface area contributed by atoms with Gasteiger partial charge in [0.2, 0.25) is 5.91 Å². The topological polar surface area (TPSA) is 96.2 Å². The van der Waals surface area contributed by atoms with Gasteiger partial charge in [0.15, 0.2) is 0 Å². The second kappa shape index (κ2) is 6.08. The lowest BCUT2D eigenvalue weighted by atomic mass is 9.90. The number of anilines is 1. The molecule has 6 heteroatoms. The van der Waals surface area contributed by atoms with Crippen molar-refractivity contribution >= 4 is 17.6 Å². The van der Waals surface area contributed by atoms with Gasteiger partial charge in [0.1, 0.15) is 0 Å². The fourth-order valence-electron chi connectivity index (χ4n) is 2.24. The van der Waals surface area contributed by atoms with E-state index in [4.69, 9.17) is 5.73 Å². The van der Waals surface area contributed by atoms with Crippen molar-refractivity contribution in [3.63, 3.8) is 0 Å². The quantitative estimate of drug-likeness (QED) is 0.590.